The van der Waals surface area contributed by atoms with Crippen LogP contribution in [0.3, 0.4) is 0 Å². The minimum absolute atomic E-state index is 0.0581. The van der Waals surface area contributed by atoms with Crippen molar-refractivity contribution in [1.29, 1.82) is 0 Å². The molecular formula is C19H20N6O4. The summed E-state index contributed by atoms with van der Waals surface area (Å²) in [5, 5.41) is 14.3. The van der Waals surface area contributed by atoms with Crippen molar-refractivity contribution in [1.82, 2.24) is 14.4 Å². The first kappa shape index (κ1) is 18.8. The molecular weight excluding hydrogens is 376 g/mol. The second-order valence-electron chi connectivity index (χ2n) is 6.81. The summed E-state index contributed by atoms with van der Waals surface area (Å²) >= 11 is 0. The third-order valence-corrected chi connectivity index (χ3v) is 4.73. The van der Waals surface area contributed by atoms with Crippen molar-refractivity contribution < 1.29 is 9.66 Å². The predicted octanol–water partition coefficient (Wildman–Crippen LogP) is 1.83. The SMILES string of the molecule is CC1CN(c2ccc(CNc3nc4ccccn4c(=O)c3[N+](=O)[O-])cn2)CCO1. The molecule has 10 nitrogen and oxygen atoms in total. The fourth-order valence-corrected chi connectivity index (χ4v) is 3.29. The summed E-state index contributed by atoms with van der Waals surface area (Å²) in [5.74, 6) is 0.800. The lowest BCUT2D eigenvalue weighted by Crippen LogP contribution is -2.41. The Balaban J connectivity index is 1.54. The summed E-state index contributed by atoms with van der Waals surface area (Å²) in [6.45, 7) is 4.51. The van der Waals surface area contributed by atoms with Crippen LogP contribution in [0.25, 0.3) is 5.65 Å². The summed E-state index contributed by atoms with van der Waals surface area (Å²) in [6, 6.07) is 8.76. The van der Waals surface area contributed by atoms with Gasteiger partial charge in [0, 0.05) is 32.0 Å². The molecule has 0 amide bonds. The fraction of sp³-hybridized carbons (Fsp3) is 0.316. The fourth-order valence-electron chi connectivity index (χ4n) is 3.29. The van der Waals surface area contributed by atoms with Gasteiger partial charge in [-0.1, -0.05) is 12.1 Å². The van der Waals surface area contributed by atoms with E-state index in [9.17, 15) is 14.9 Å². The number of hydrogen-bond acceptors (Lipinski definition) is 8. The lowest BCUT2D eigenvalue weighted by atomic mass is 10.2. The first-order valence-electron chi connectivity index (χ1n) is 9.24. The largest absolute Gasteiger partial charge is 0.376 e. The molecule has 1 fully saturated rings. The van der Waals surface area contributed by atoms with Gasteiger partial charge in [-0.05, 0) is 30.7 Å². The van der Waals surface area contributed by atoms with Gasteiger partial charge in [0.2, 0.25) is 5.82 Å². The molecule has 1 N–H and O–H groups in total. The van der Waals surface area contributed by atoms with Crippen molar-refractivity contribution >= 4 is 23.0 Å². The molecule has 1 aliphatic rings. The molecule has 4 heterocycles. The van der Waals surface area contributed by atoms with Crippen LogP contribution in [0.1, 0.15) is 12.5 Å². The Morgan fingerprint density at radius 3 is 2.93 bits per heavy atom. The number of morpholine rings is 1. The highest BCUT2D eigenvalue weighted by Crippen LogP contribution is 2.20. The van der Waals surface area contributed by atoms with Crippen LogP contribution in [0.4, 0.5) is 17.3 Å². The Labute approximate surface area is 165 Å². The smallest absolute Gasteiger partial charge is 0.375 e. The van der Waals surface area contributed by atoms with E-state index in [1.54, 1.807) is 24.4 Å². The minimum Gasteiger partial charge on any atom is -0.375 e. The second kappa shape index (κ2) is 7.84. The van der Waals surface area contributed by atoms with Crippen LogP contribution < -0.4 is 15.8 Å². The van der Waals surface area contributed by atoms with Crippen LogP contribution in [0.15, 0.2) is 47.5 Å². The third kappa shape index (κ3) is 3.87. The molecule has 1 saturated heterocycles. The average molecular weight is 396 g/mol. The highest BCUT2D eigenvalue weighted by atomic mass is 16.6. The Morgan fingerprint density at radius 2 is 2.21 bits per heavy atom. The number of anilines is 2. The van der Waals surface area contributed by atoms with E-state index >= 15 is 0 Å². The maximum Gasteiger partial charge on any atom is 0.376 e. The number of nitrogens with one attached hydrogen (secondary N) is 1. The van der Waals surface area contributed by atoms with Gasteiger partial charge < -0.3 is 15.0 Å². The third-order valence-electron chi connectivity index (χ3n) is 4.73. The molecule has 0 saturated carbocycles. The summed E-state index contributed by atoms with van der Waals surface area (Å²) in [7, 11) is 0. The van der Waals surface area contributed by atoms with E-state index in [-0.39, 0.29) is 18.5 Å². The molecule has 1 atom stereocenters. The van der Waals surface area contributed by atoms with Gasteiger partial charge in [-0.15, -0.1) is 0 Å². The molecule has 1 aliphatic heterocycles. The monoisotopic (exact) mass is 396 g/mol. The zero-order chi connectivity index (χ0) is 20.4. The van der Waals surface area contributed by atoms with Crippen LogP contribution in [0.5, 0.6) is 0 Å². The molecule has 10 heteroatoms. The maximum absolute atomic E-state index is 12.5. The summed E-state index contributed by atoms with van der Waals surface area (Å²) in [5.41, 5.74) is -0.154. The Kier molecular flexibility index (Phi) is 5.09. The molecule has 0 aliphatic carbocycles. The van der Waals surface area contributed by atoms with Gasteiger partial charge in [0.25, 0.3) is 0 Å². The molecule has 4 rings (SSSR count). The quantitative estimate of drug-likeness (QED) is 0.513. The highest BCUT2D eigenvalue weighted by molar-refractivity contribution is 5.60. The first-order valence-corrected chi connectivity index (χ1v) is 9.24. The van der Waals surface area contributed by atoms with Gasteiger partial charge in [0.1, 0.15) is 11.5 Å². The van der Waals surface area contributed by atoms with Crippen LogP contribution in [0, 0.1) is 10.1 Å². The van der Waals surface area contributed by atoms with E-state index in [1.807, 2.05) is 19.1 Å². The van der Waals surface area contributed by atoms with E-state index in [0.29, 0.717) is 12.3 Å². The van der Waals surface area contributed by atoms with Crippen molar-refractivity contribution in [3.8, 4) is 0 Å². The van der Waals surface area contributed by atoms with E-state index < -0.39 is 16.2 Å². The maximum atomic E-state index is 12.5. The molecule has 150 valence electrons. The summed E-state index contributed by atoms with van der Waals surface area (Å²) in [4.78, 5) is 34.1. The number of nitro groups is 1. The van der Waals surface area contributed by atoms with Crippen molar-refractivity contribution in [2.75, 3.05) is 29.9 Å². The lowest BCUT2D eigenvalue weighted by molar-refractivity contribution is -0.385. The van der Waals surface area contributed by atoms with Crippen LogP contribution in [0.2, 0.25) is 0 Å². The molecule has 0 aromatic carbocycles. The predicted molar refractivity (Wildman–Crippen MR) is 107 cm³/mol. The van der Waals surface area contributed by atoms with Gasteiger partial charge in [0.15, 0.2) is 0 Å². The van der Waals surface area contributed by atoms with E-state index in [2.05, 4.69) is 20.2 Å². The van der Waals surface area contributed by atoms with Crippen molar-refractivity contribution in [2.45, 2.75) is 19.6 Å². The molecule has 3 aromatic heterocycles. The number of aromatic nitrogens is 3. The van der Waals surface area contributed by atoms with Crippen LogP contribution in [-0.4, -0.2) is 45.1 Å². The van der Waals surface area contributed by atoms with Crippen molar-refractivity contribution in [2.24, 2.45) is 0 Å². The Bertz CT molecular complexity index is 1100. The normalized spacial score (nSPS) is 16.7. The van der Waals surface area contributed by atoms with Crippen LogP contribution in [-0.2, 0) is 11.3 Å². The summed E-state index contributed by atoms with van der Waals surface area (Å²) < 4.78 is 6.70. The zero-order valence-corrected chi connectivity index (χ0v) is 15.8. The average Bonchev–Trinajstić information content (AvgIpc) is 2.72. The van der Waals surface area contributed by atoms with Gasteiger partial charge in [-0.3, -0.25) is 19.3 Å². The number of ether oxygens (including phenoxy) is 1. The van der Waals surface area contributed by atoms with E-state index in [4.69, 9.17) is 4.74 Å². The Hall–Kier alpha value is -3.53. The number of fused-ring (bicyclic) bond motifs is 1. The lowest BCUT2D eigenvalue weighted by Gasteiger charge is -2.32. The molecule has 29 heavy (non-hydrogen) atoms. The Morgan fingerprint density at radius 1 is 1.34 bits per heavy atom. The molecule has 1 unspecified atom stereocenters. The first-order chi connectivity index (χ1) is 14.0. The molecule has 3 aromatic rings. The minimum atomic E-state index is -0.724. The van der Waals surface area contributed by atoms with E-state index in [1.165, 1.54) is 6.20 Å². The van der Waals surface area contributed by atoms with Gasteiger partial charge in [0.05, 0.1) is 17.6 Å². The van der Waals surface area contributed by atoms with Crippen molar-refractivity contribution in [3.05, 3.63) is 68.8 Å². The zero-order valence-electron chi connectivity index (χ0n) is 15.8. The van der Waals surface area contributed by atoms with Crippen molar-refractivity contribution in [3.63, 3.8) is 0 Å². The second-order valence-corrected chi connectivity index (χ2v) is 6.81. The van der Waals surface area contributed by atoms with Gasteiger partial charge in [-0.25, -0.2) is 9.97 Å². The number of nitrogens with zero attached hydrogens (tertiary/aromatic N) is 5. The van der Waals surface area contributed by atoms with Gasteiger partial charge in [-0.2, -0.15) is 0 Å². The van der Waals surface area contributed by atoms with Crippen LogP contribution >= 0.6 is 0 Å². The molecule has 0 bridgehead atoms. The van der Waals surface area contributed by atoms with Gasteiger partial charge >= 0.3 is 11.2 Å². The number of pyridine rings is 2. The summed E-state index contributed by atoms with van der Waals surface area (Å²) in [6.07, 6.45) is 3.32. The standard InChI is InChI=1S/C19H20N6O4/c1-13-12-23(8-9-29-13)15-6-5-14(10-20-15)11-21-18-17(25(27)28)19(26)24-7-3-2-4-16(24)22-18/h2-7,10,13,21H,8-9,11-12H2,1H3. The topological polar surface area (TPSA) is 115 Å². The highest BCUT2D eigenvalue weighted by Gasteiger charge is 2.23. The molecule has 0 spiro atoms. The molecule has 0 radical (unpaired) electrons. The number of rotatable bonds is 5. The van der Waals surface area contributed by atoms with E-state index in [0.717, 1.165) is 28.9 Å². The number of hydrogen-bond donors (Lipinski definition) is 1.